The normalized spacial score (nSPS) is 23.4. The highest BCUT2D eigenvalue weighted by molar-refractivity contribution is 7.89. The van der Waals surface area contributed by atoms with Gasteiger partial charge in [0.25, 0.3) is 10.0 Å². The van der Waals surface area contributed by atoms with Crippen LogP contribution in [0.25, 0.3) is 0 Å². The van der Waals surface area contributed by atoms with Crippen LogP contribution in [0.1, 0.15) is 71.3 Å². The van der Waals surface area contributed by atoms with Crippen LogP contribution in [0.2, 0.25) is 0 Å². The summed E-state index contributed by atoms with van der Waals surface area (Å²) in [6.07, 6.45) is 7.78. The number of urea groups is 1. The molecule has 2 aliphatic carbocycles. The van der Waals surface area contributed by atoms with Crippen molar-refractivity contribution in [1.29, 1.82) is 0 Å². The van der Waals surface area contributed by atoms with Crippen LogP contribution in [-0.2, 0) is 15.6 Å². The van der Waals surface area contributed by atoms with E-state index >= 15 is 0 Å². The maximum atomic E-state index is 12.6. The van der Waals surface area contributed by atoms with Crippen molar-refractivity contribution in [2.24, 2.45) is 0 Å². The number of aliphatic hydroxyl groups is 1. The molecule has 1 fully saturated rings. The van der Waals surface area contributed by atoms with Crippen molar-refractivity contribution in [3.05, 3.63) is 52.5 Å². The zero-order chi connectivity index (χ0) is 22.1. The van der Waals surface area contributed by atoms with Gasteiger partial charge >= 0.3 is 6.03 Å². The molecule has 1 aromatic heterocycles. The van der Waals surface area contributed by atoms with Gasteiger partial charge in [-0.25, -0.2) is 9.52 Å². The van der Waals surface area contributed by atoms with Crippen molar-refractivity contribution in [1.82, 2.24) is 10.0 Å². The molecule has 1 aromatic rings. The summed E-state index contributed by atoms with van der Waals surface area (Å²) >= 11 is 0. The summed E-state index contributed by atoms with van der Waals surface area (Å²) in [5.74, 6) is 0. The Bertz CT molecular complexity index is 1020. The molecule has 2 amide bonds. The van der Waals surface area contributed by atoms with Gasteiger partial charge in [-0.3, -0.25) is 0 Å². The summed E-state index contributed by atoms with van der Waals surface area (Å²) in [5, 5.41) is 12.3. The van der Waals surface area contributed by atoms with E-state index in [0.29, 0.717) is 11.3 Å². The fourth-order valence-corrected chi connectivity index (χ4v) is 4.81. The molecule has 0 spiro atoms. The summed E-state index contributed by atoms with van der Waals surface area (Å²) < 4.78 is 32.2. The molecular weight excluding hydrogens is 404 g/mol. The number of fused-ring (bicyclic) bond motifs is 1. The number of hydrogen-bond donors (Lipinski definition) is 3. The van der Waals surface area contributed by atoms with E-state index in [1.165, 1.54) is 31.1 Å². The van der Waals surface area contributed by atoms with Crippen molar-refractivity contribution < 1.29 is 22.7 Å². The van der Waals surface area contributed by atoms with E-state index in [2.05, 4.69) is 18.8 Å². The second kappa shape index (κ2) is 8.43. The molecule has 0 atom stereocenters. The average Bonchev–Trinajstić information content (AvgIpc) is 3.31. The molecule has 3 rings (SSSR count). The lowest BCUT2D eigenvalue weighted by Crippen LogP contribution is -2.39. The molecule has 0 bridgehead atoms. The van der Waals surface area contributed by atoms with Gasteiger partial charge in [0.15, 0.2) is 0 Å². The van der Waals surface area contributed by atoms with Crippen LogP contribution in [0.5, 0.6) is 0 Å². The molecule has 3 N–H and O–H groups in total. The quantitative estimate of drug-likeness (QED) is 0.652. The van der Waals surface area contributed by atoms with Crippen LogP contribution in [0.15, 0.2) is 56.4 Å². The first-order valence-corrected chi connectivity index (χ1v) is 11.7. The zero-order valence-corrected chi connectivity index (χ0v) is 18.6. The summed E-state index contributed by atoms with van der Waals surface area (Å²) in [5.41, 5.74) is 4.14. The fourth-order valence-electron chi connectivity index (χ4n) is 3.96. The van der Waals surface area contributed by atoms with E-state index in [0.717, 1.165) is 62.4 Å². The number of rotatable bonds is 4. The predicted octanol–water partition coefficient (Wildman–Crippen LogP) is 4.38. The SMILES string of the molecule is C=C1CCCC/C(C)=C2/CCC/C2=C/1NC(=O)NS(=O)(=O)c1cc(C(C)(C)O)co1. The molecule has 30 heavy (non-hydrogen) atoms. The molecule has 7 nitrogen and oxygen atoms in total. The van der Waals surface area contributed by atoms with Gasteiger partial charge in [-0.1, -0.05) is 12.2 Å². The van der Waals surface area contributed by atoms with Crippen LogP contribution in [0.4, 0.5) is 4.79 Å². The Morgan fingerprint density at radius 3 is 2.47 bits per heavy atom. The first kappa shape index (κ1) is 22.4. The van der Waals surface area contributed by atoms with Gasteiger partial charge in [-0.05, 0) is 82.4 Å². The number of carbonyl (C=O) groups excluding carboxylic acids is 1. The Kier molecular flexibility index (Phi) is 6.29. The molecule has 0 aliphatic heterocycles. The Balaban J connectivity index is 1.84. The zero-order valence-electron chi connectivity index (χ0n) is 17.8. The molecule has 2 aliphatic rings. The van der Waals surface area contributed by atoms with Crippen molar-refractivity contribution in [3.63, 3.8) is 0 Å². The van der Waals surface area contributed by atoms with Crippen LogP contribution in [0, 0.1) is 0 Å². The molecule has 1 saturated carbocycles. The standard InChI is InChI=1S/C22H30N2O5S/c1-14-8-5-6-9-15(2)20(18-11-7-10-17(14)18)23-21(25)24-30(27,28)19-12-16(13-29-19)22(3,4)26/h12-13,26H,2,5-11H2,1,3-4H3,(H2,23,24,25)/b17-14-,20-18+. The Hall–Kier alpha value is -2.32. The van der Waals surface area contributed by atoms with Crippen LogP contribution in [-0.4, -0.2) is 19.6 Å². The van der Waals surface area contributed by atoms with Gasteiger partial charge in [0, 0.05) is 17.3 Å². The van der Waals surface area contributed by atoms with Gasteiger partial charge in [-0.15, -0.1) is 0 Å². The summed E-state index contributed by atoms with van der Waals surface area (Å²) in [4.78, 5) is 12.6. The molecule has 0 aromatic carbocycles. The molecule has 0 saturated heterocycles. The summed E-state index contributed by atoms with van der Waals surface area (Å²) in [7, 11) is -4.23. The van der Waals surface area contributed by atoms with Crippen molar-refractivity contribution in [2.45, 2.75) is 76.4 Å². The number of nitrogens with one attached hydrogen (secondary N) is 2. The minimum Gasteiger partial charge on any atom is -0.451 e. The number of allylic oxidation sites excluding steroid dienone is 4. The van der Waals surface area contributed by atoms with Gasteiger partial charge < -0.3 is 14.8 Å². The minimum atomic E-state index is -4.23. The Morgan fingerprint density at radius 2 is 1.80 bits per heavy atom. The lowest BCUT2D eigenvalue weighted by Gasteiger charge is -2.17. The van der Waals surface area contributed by atoms with Crippen LogP contribution < -0.4 is 10.0 Å². The highest BCUT2D eigenvalue weighted by Crippen LogP contribution is 2.39. The lowest BCUT2D eigenvalue weighted by molar-refractivity contribution is 0.0779. The van der Waals surface area contributed by atoms with E-state index in [9.17, 15) is 18.3 Å². The smallest absolute Gasteiger partial charge is 0.333 e. The van der Waals surface area contributed by atoms with Crippen LogP contribution >= 0.6 is 0 Å². The molecular formula is C22H30N2O5S. The molecule has 0 unspecified atom stereocenters. The average molecular weight is 435 g/mol. The molecule has 8 heteroatoms. The molecule has 1 heterocycles. The highest BCUT2D eigenvalue weighted by atomic mass is 32.2. The van der Waals surface area contributed by atoms with Gasteiger partial charge in [-0.2, -0.15) is 8.42 Å². The number of carbonyl (C=O) groups is 1. The Morgan fingerprint density at radius 1 is 1.13 bits per heavy atom. The highest BCUT2D eigenvalue weighted by Gasteiger charge is 2.28. The lowest BCUT2D eigenvalue weighted by atomic mass is 9.98. The number of hydrogen-bond acceptors (Lipinski definition) is 5. The number of amides is 2. The van der Waals surface area contributed by atoms with Gasteiger partial charge in [0.1, 0.15) is 0 Å². The minimum absolute atomic E-state index is 0.300. The van der Waals surface area contributed by atoms with Crippen molar-refractivity contribution in [2.75, 3.05) is 0 Å². The second-order valence-corrected chi connectivity index (χ2v) is 10.2. The van der Waals surface area contributed by atoms with E-state index in [1.54, 1.807) is 0 Å². The molecule has 164 valence electrons. The third-order valence-corrected chi connectivity index (χ3v) is 6.88. The van der Waals surface area contributed by atoms with E-state index in [4.69, 9.17) is 4.42 Å². The predicted molar refractivity (Wildman–Crippen MR) is 114 cm³/mol. The third-order valence-electron chi connectivity index (χ3n) is 5.68. The Labute approximate surface area is 178 Å². The summed E-state index contributed by atoms with van der Waals surface area (Å²) in [6, 6.07) is 0.348. The summed E-state index contributed by atoms with van der Waals surface area (Å²) in [6.45, 7) is 9.30. The first-order valence-electron chi connectivity index (χ1n) is 10.2. The van der Waals surface area contributed by atoms with Gasteiger partial charge in [0.05, 0.1) is 11.9 Å². The molecule has 0 radical (unpaired) electrons. The monoisotopic (exact) mass is 434 g/mol. The maximum Gasteiger partial charge on any atom is 0.333 e. The van der Waals surface area contributed by atoms with Crippen molar-refractivity contribution >= 4 is 16.1 Å². The second-order valence-electron chi connectivity index (χ2n) is 8.55. The van der Waals surface area contributed by atoms with Gasteiger partial charge in [0.2, 0.25) is 5.09 Å². The third kappa shape index (κ3) is 4.87. The van der Waals surface area contributed by atoms with Crippen molar-refractivity contribution in [3.8, 4) is 0 Å². The number of furan rings is 1. The van der Waals surface area contributed by atoms with E-state index < -0.39 is 26.7 Å². The maximum absolute atomic E-state index is 12.6. The largest absolute Gasteiger partial charge is 0.451 e. The fraction of sp³-hybridized carbons (Fsp3) is 0.500. The van der Waals surface area contributed by atoms with Crippen LogP contribution in [0.3, 0.4) is 0 Å². The topological polar surface area (TPSA) is 109 Å². The first-order chi connectivity index (χ1) is 14.0. The van der Waals surface area contributed by atoms with E-state index in [1.807, 2.05) is 4.72 Å². The number of sulfonamides is 1. The van der Waals surface area contributed by atoms with E-state index in [-0.39, 0.29) is 0 Å².